The molecule has 0 N–H and O–H groups in total. The van der Waals surface area contributed by atoms with E-state index in [4.69, 9.17) is 9.40 Å². The minimum Gasteiger partial charge on any atom is -0.455 e. The Bertz CT molecular complexity index is 1780. The summed E-state index contributed by atoms with van der Waals surface area (Å²) in [6, 6.07) is 24.3. The number of benzene rings is 3. The van der Waals surface area contributed by atoms with Crippen molar-refractivity contribution in [1.29, 1.82) is 0 Å². The van der Waals surface area contributed by atoms with Crippen LogP contribution in [0, 0.1) is 12.8 Å². The van der Waals surface area contributed by atoms with Crippen LogP contribution in [0.2, 0.25) is 0 Å². The van der Waals surface area contributed by atoms with Crippen molar-refractivity contribution in [3.63, 3.8) is 0 Å². The van der Waals surface area contributed by atoms with Crippen molar-refractivity contribution in [3.8, 4) is 21.9 Å². The molecule has 0 aliphatic carbocycles. The first kappa shape index (κ1) is 23.9. The van der Waals surface area contributed by atoms with Crippen LogP contribution in [0.25, 0.3) is 53.7 Å². The topological polar surface area (TPSA) is 26.0 Å². The summed E-state index contributed by atoms with van der Waals surface area (Å²) in [6.07, 6.45) is 3.01. The molecule has 0 amide bonds. The second-order valence-electron chi connectivity index (χ2n) is 11.7. The molecule has 0 saturated carbocycles. The average molecular weight is 504 g/mol. The van der Waals surface area contributed by atoms with Crippen LogP contribution in [-0.2, 0) is 11.8 Å². The standard InChI is InChI=1S/C34H33NOS/c1-20(2)15-22-11-12-24-19-29(36-28(24)16-22)33-21(3)31-30(37-33)13-14-35-32(31)25-17-23-9-7-8-10-26(23)27(18-25)34(4,5)6/h7-14,16-20H,15H2,1-6H3. The molecular formula is C34H33NOS. The lowest BCUT2D eigenvalue weighted by atomic mass is 9.82. The molecule has 0 radical (unpaired) electrons. The molecule has 6 rings (SSSR count). The van der Waals surface area contributed by atoms with Gasteiger partial charge in [0.05, 0.1) is 10.6 Å². The Hall–Kier alpha value is -3.43. The van der Waals surface area contributed by atoms with Gasteiger partial charge in [0.15, 0.2) is 0 Å². The van der Waals surface area contributed by atoms with E-state index in [1.807, 2.05) is 6.20 Å². The third-order valence-electron chi connectivity index (χ3n) is 7.24. The first-order valence-corrected chi connectivity index (χ1v) is 14.0. The summed E-state index contributed by atoms with van der Waals surface area (Å²) in [7, 11) is 0. The summed E-state index contributed by atoms with van der Waals surface area (Å²) in [6.45, 7) is 13.6. The first-order valence-electron chi connectivity index (χ1n) is 13.1. The molecular weight excluding hydrogens is 470 g/mol. The summed E-state index contributed by atoms with van der Waals surface area (Å²) in [5.74, 6) is 1.56. The zero-order valence-corrected chi connectivity index (χ0v) is 23.3. The molecule has 0 saturated heterocycles. The average Bonchev–Trinajstić information content (AvgIpc) is 3.43. The Labute approximate surface area is 223 Å². The highest BCUT2D eigenvalue weighted by Gasteiger charge is 2.22. The molecule has 2 nitrogen and oxygen atoms in total. The van der Waals surface area contributed by atoms with Gasteiger partial charge >= 0.3 is 0 Å². The summed E-state index contributed by atoms with van der Waals surface area (Å²) in [5, 5.41) is 4.94. The van der Waals surface area contributed by atoms with Gasteiger partial charge in [-0.05, 0) is 82.5 Å². The smallest absolute Gasteiger partial charge is 0.145 e. The van der Waals surface area contributed by atoms with Crippen molar-refractivity contribution < 1.29 is 4.42 Å². The molecule has 3 aromatic carbocycles. The number of hydrogen-bond donors (Lipinski definition) is 0. The number of pyridine rings is 1. The number of thiophene rings is 1. The van der Waals surface area contributed by atoms with Gasteiger partial charge in [-0.15, -0.1) is 11.3 Å². The van der Waals surface area contributed by atoms with Crippen LogP contribution in [0.4, 0.5) is 0 Å². The predicted molar refractivity (Wildman–Crippen MR) is 160 cm³/mol. The summed E-state index contributed by atoms with van der Waals surface area (Å²) >= 11 is 1.80. The lowest BCUT2D eigenvalue weighted by molar-refractivity contribution is 0.596. The van der Waals surface area contributed by atoms with Gasteiger partial charge in [-0.3, -0.25) is 4.98 Å². The van der Waals surface area contributed by atoms with E-state index in [9.17, 15) is 0 Å². The second kappa shape index (κ2) is 8.85. The molecule has 186 valence electrons. The van der Waals surface area contributed by atoms with Crippen LogP contribution in [0.1, 0.15) is 51.3 Å². The number of aryl methyl sites for hydroxylation is 1. The number of aromatic nitrogens is 1. The number of hydrogen-bond acceptors (Lipinski definition) is 3. The third kappa shape index (κ3) is 4.26. The number of fused-ring (bicyclic) bond motifs is 3. The zero-order chi connectivity index (χ0) is 25.9. The zero-order valence-electron chi connectivity index (χ0n) is 22.5. The maximum Gasteiger partial charge on any atom is 0.145 e. The summed E-state index contributed by atoms with van der Waals surface area (Å²) < 4.78 is 7.68. The second-order valence-corrected chi connectivity index (χ2v) is 12.7. The Morgan fingerprint density at radius 1 is 0.919 bits per heavy atom. The van der Waals surface area contributed by atoms with Gasteiger partial charge in [-0.1, -0.05) is 71.0 Å². The van der Waals surface area contributed by atoms with E-state index in [-0.39, 0.29) is 5.41 Å². The van der Waals surface area contributed by atoms with E-state index in [2.05, 4.69) is 108 Å². The molecule has 0 bridgehead atoms. The van der Waals surface area contributed by atoms with Crippen molar-refractivity contribution in [2.45, 2.75) is 53.4 Å². The number of rotatable bonds is 4. The predicted octanol–water partition coefficient (Wildman–Crippen LogP) is 10.3. The Balaban J connectivity index is 1.52. The summed E-state index contributed by atoms with van der Waals surface area (Å²) in [4.78, 5) is 6.12. The molecule has 3 heterocycles. The van der Waals surface area contributed by atoms with Gasteiger partial charge in [-0.2, -0.15) is 0 Å². The van der Waals surface area contributed by atoms with Crippen molar-refractivity contribution in [2.24, 2.45) is 5.92 Å². The van der Waals surface area contributed by atoms with Crippen molar-refractivity contribution in [3.05, 3.63) is 89.6 Å². The van der Waals surface area contributed by atoms with Crippen LogP contribution in [0.5, 0.6) is 0 Å². The van der Waals surface area contributed by atoms with Crippen LogP contribution < -0.4 is 0 Å². The normalized spacial score (nSPS) is 12.4. The molecule has 0 aliphatic heterocycles. The fourth-order valence-electron chi connectivity index (χ4n) is 5.50. The van der Waals surface area contributed by atoms with Gasteiger partial charge in [-0.25, -0.2) is 0 Å². The van der Waals surface area contributed by atoms with Crippen molar-refractivity contribution in [1.82, 2.24) is 4.98 Å². The Kier molecular flexibility index (Phi) is 5.72. The van der Waals surface area contributed by atoms with Gasteiger partial charge in [0.1, 0.15) is 11.3 Å². The fourth-order valence-corrected chi connectivity index (χ4v) is 6.66. The largest absolute Gasteiger partial charge is 0.455 e. The van der Waals surface area contributed by atoms with E-state index >= 15 is 0 Å². The monoisotopic (exact) mass is 503 g/mol. The maximum absolute atomic E-state index is 6.44. The molecule has 0 unspecified atom stereocenters. The Morgan fingerprint density at radius 2 is 1.73 bits per heavy atom. The molecule has 6 aromatic rings. The third-order valence-corrected chi connectivity index (χ3v) is 8.51. The van der Waals surface area contributed by atoms with Crippen LogP contribution >= 0.6 is 11.3 Å². The molecule has 0 spiro atoms. The quantitative estimate of drug-likeness (QED) is 0.239. The maximum atomic E-state index is 6.44. The van der Waals surface area contributed by atoms with Crippen LogP contribution in [-0.4, -0.2) is 4.98 Å². The van der Waals surface area contributed by atoms with Gasteiger partial charge < -0.3 is 4.42 Å². The molecule has 0 aliphatic rings. The Morgan fingerprint density at radius 3 is 2.51 bits per heavy atom. The molecule has 37 heavy (non-hydrogen) atoms. The minimum atomic E-state index is 0.0288. The number of furan rings is 1. The van der Waals surface area contributed by atoms with E-state index in [1.54, 1.807) is 11.3 Å². The van der Waals surface area contributed by atoms with Crippen LogP contribution in [0.15, 0.2) is 77.3 Å². The van der Waals surface area contributed by atoms with Crippen molar-refractivity contribution in [2.75, 3.05) is 0 Å². The van der Waals surface area contributed by atoms with E-state index in [0.29, 0.717) is 5.92 Å². The number of nitrogens with zero attached hydrogens (tertiary/aromatic N) is 1. The molecule has 3 aromatic heterocycles. The highest BCUT2D eigenvalue weighted by atomic mass is 32.1. The SMILES string of the molecule is Cc1c(-c2cc3ccc(CC(C)C)cc3o2)sc2ccnc(-c3cc(C(C)(C)C)c4ccccc4c3)c12. The highest BCUT2D eigenvalue weighted by Crippen LogP contribution is 2.44. The van der Waals surface area contributed by atoms with Gasteiger partial charge in [0.2, 0.25) is 0 Å². The lowest BCUT2D eigenvalue weighted by Crippen LogP contribution is -2.12. The lowest BCUT2D eigenvalue weighted by Gasteiger charge is -2.23. The summed E-state index contributed by atoms with van der Waals surface area (Å²) in [5.41, 5.74) is 7.12. The van der Waals surface area contributed by atoms with Gasteiger partial charge in [0, 0.05) is 27.2 Å². The van der Waals surface area contributed by atoms with E-state index in [0.717, 1.165) is 28.8 Å². The van der Waals surface area contributed by atoms with Gasteiger partial charge in [0.25, 0.3) is 0 Å². The molecule has 0 fully saturated rings. The van der Waals surface area contributed by atoms with E-state index < -0.39 is 0 Å². The first-order chi connectivity index (χ1) is 17.7. The fraction of sp³-hybridized carbons (Fsp3) is 0.265. The molecule has 0 atom stereocenters. The highest BCUT2D eigenvalue weighted by molar-refractivity contribution is 7.22. The van der Waals surface area contributed by atoms with Crippen molar-refractivity contribution >= 4 is 43.2 Å². The van der Waals surface area contributed by atoms with E-state index in [1.165, 1.54) is 48.0 Å². The van der Waals surface area contributed by atoms with Crippen LogP contribution in [0.3, 0.4) is 0 Å². The minimum absolute atomic E-state index is 0.0288. The molecule has 3 heteroatoms.